The Hall–Kier alpha value is -1.54. The highest BCUT2D eigenvalue weighted by Crippen LogP contribution is 2.43. The van der Waals surface area contributed by atoms with Gasteiger partial charge in [-0.05, 0) is 51.4 Å². The zero-order chi connectivity index (χ0) is 52.0. The molecular weight excluding hydrogens is 900 g/mol. The molecule has 0 rings (SSSR count). The number of aliphatic hydroxyl groups excluding tert-OH is 1. The summed E-state index contributed by atoms with van der Waals surface area (Å²) in [4.78, 5) is 23.3. The molecule has 0 radical (unpaired) electrons. The number of aliphatic hydroxyl groups is 1. The van der Waals surface area contributed by atoms with Gasteiger partial charge in [-0.15, -0.1) is 0 Å². The van der Waals surface area contributed by atoms with Crippen molar-refractivity contribution in [3.05, 3.63) is 48.6 Å². The summed E-state index contributed by atoms with van der Waals surface area (Å²) in [5.41, 5.74) is 0. The van der Waals surface area contributed by atoms with E-state index in [2.05, 4.69) is 67.8 Å². The van der Waals surface area contributed by atoms with Crippen molar-refractivity contribution < 1.29 is 32.9 Å². The van der Waals surface area contributed by atoms with Crippen LogP contribution in [0.25, 0.3) is 0 Å². The molecule has 418 valence electrons. The molecule has 3 atom stereocenters. The zero-order valence-electron chi connectivity index (χ0n) is 47.7. The molecule has 0 saturated heterocycles. The maximum atomic E-state index is 13.0. The lowest BCUT2D eigenvalue weighted by molar-refractivity contribution is -0.870. The fraction of sp³-hybridized carbons (Fsp3) is 0.855. The number of carbonyl (C=O) groups excluding carboxylic acids is 1. The maximum absolute atomic E-state index is 13.0. The van der Waals surface area contributed by atoms with Gasteiger partial charge in [0.25, 0.3) is 0 Å². The summed E-state index contributed by atoms with van der Waals surface area (Å²) in [6.07, 6.45) is 70.5. The van der Waals surface area contributed by atoms with Crippen LogP contribution in [0.3, 0.4) is 0 Å². The van der Waals surface area contributed by atoms with Crippen LogP contribution in [0.5, 0.6) is 0 Å². The summed E-state index contributed by atoms with van der Waals surface area (Å²) >= 11 is 0. The molecule has 0 spiro atoms. The normalized spacial score (nSPS) is 14.2. The molecule has 0 aromatic carbocycles. The predicted octanol–water partition coefficient (Wildman–Crippen LogP) is 18.7. The quantitative estimate of drug-likeness (QED) is 0.0243. The van der Waals surface area contributed by atoms with E-state index in [9.17, 15) is 19.4 Å². The lowest BCUT2D eigenvalue weighted by atomic mass is 10.0. The van der Waals surface area contributed by atoms with E-state index in [4.69, 9.17) is 9.05 Å². The lowest BCUT2D eigenvalue weighted by Crippen LogP contribution is -2.46. The summed E-state index contributed by atoms with van der Waals surface area (Å²) in [7, 11) is 1.63. The summed E-state index contributed by atoms with van der Waals surface area (Å²) in [5.74, 6) is -0.140. The number of phosphoric acid groups is 1. The van der Waals surface area contributed by atoms with E-state index in [1.54, 1.807) is 0 Å². The molecule has 0 heterocycles. The number of nitrogens with zero attached hydrogens (tertiary/aromatic N) is 1. The molecule has 0 saturated carbocycles. The second-order valence-electron chi connectivity index (χ2n) is 22.1. The maximum Gasteiger partial charge on any atom is 0.472 e. The van der Waals surface area contributed by atoms with Gasteiger partial charge in [0.15, 0.2) is 0 Å². The van der Waals surface area contributed by atoms with Gasteiger partial charge in [0.2, 0.25) is 5.91 Å². The highest BCUT2D eigenvalue weighted by atomic mass is 31.2. The molecule has 0 fully saturated rings. The number of amides is 1. The molecule has 0 bridgehead atoms. The van der Waals surface area contributed by atoms with E-state index in [-0.39, 0.29) is 19.1 Å². The molecule has 71 heavy (non-hydrogen) atoms. The molecule has 0 aromatic rings. The van der Waals surface area contributed by atoms with Gasteiger partial charge in [-0.1, -0.05) is 281 Å². The number of hydrogen-bond acceptors (Lipinski definition) is 5. The molecule has 0 aliphatic rings. The van der Waals surface area contributed by atoms with Gasteiger partial charge in [-0.3, -0.25) is 13.8 Å². The number of phosphoric ester groups is 1. The molecule has 8 nitrogen and oxygen atoms in total. The van der Waals surface area contributed by atoms with Gasteiger partial charge >= 0.3 is 7.82 Å². The Labute approximate surface area is 441 Å². The van der Waals surface area contributed by atoms with E-state index in [1.165, 1.54) is 199 Å². The number of quaternary nitrogens is 1. The topological polar surface area (TPSA) is 105 Å². The smallest absolute Gasteiger partial charge is 0.391 e. The summed E-state index contributed by atoms with van der Waals surface area (Å²) in [6.45, 7) is 4.80. The molecule has 3 unspecified atom stereocenters. The highest BCUT2D eigenvalue weighted by Gasteiger charge is 2.28. The van der Waals surface area contributed by atoms with E-state index in [1.807, 2.05) is 21.1 Å². The second-order valence-corrected chi connectivity index (χ2v) is 23.5. The van der Waals surface area contributed by atoms with Crippen LogP contribution in [-0.2, 0) is 18.4 Å². The van der Waals surface area contributed by atoms with Crippen LogP contribution in [0.4, 0.5) is 0 Å². The number of carbonyl (C=O) groups is 1. The Morgan fingerprint density at radius 2 is 0.845 bits per heavy atom. The van der Waals surface area contributed by atoms with Crippen molar-refractivity contribution >= 4 is 13.7 Å². The summed E-state index contributed by atoms with van der Waals surface area (Å²) < 4.78 is 23.8. The third-order valence-electron chi connectivity index (χ3n) is 13.8. The van der Waals surface area contributed by atoms with Crippen molar-refractivity contribution in [3.8, 4) is 0 Å². The average molecular weight is 1020 g/mol. The largest absolute Gasteiger partial charge is 0.472 e. The predicted molar refractivity (Wildman–Crippen MR) is 309 cm³/mol. The van der Waals surface area contributed by atoms with Crippen molar-refractivity contribution in [2.45, 2.75) is 302 Å². The highest BCUT2D eigenvalue weighted by molar-refractivity contribution is 7.47. The van der Waals surface area contributed by atoms with Gasteiger partial charge in [0.05, 0.1) is 39.9 Å². The fourth-order valence-corrected chi connectivity index (χ4v) is 9.84. The van der Waals surface area contributed by atoms with Crippen LogP contribution in [0.15, 0.2) is 48.6 Å². The SMILES string of the molecule is CC/C=C\C/C=C\C/C=C\C/C=C\CCCCCCCCCCCCCCCCCCCCCCCCC(=O)NC(COP(=O)(O)OCC[N+](C)(C)C)C(O)CCCCCCCCCCCCCCCC. The Morgan fingerprint density at radius 3 is 1.24 bits per heavy atom. The van der Waals surface area contributed by atoms with Crippen LogP contribution >= 0.6 is 7.82 Å². The molecule has 0 aliphatic heterocycles. The molecule has 0 aliphatic carbocycles. The minimum absolute atomic E-state index is 0.0762. The first-order valence-corrected chi connectivity index (χ1v) is 32.0. The van der Waals surface area contributed by atoms with Crippen molar-refractivity contribution in [1.29, 1.82) is 0 Å². The van der Waals surface area contributed by atoms with Crippen LogP contribution in [-0.4, -0.2) is 73.4 Å². The number of likely N-dealkylation sites (N-methyl/N-ethyl adjacent to an activating group) is 1. The van der Waals surface area contributed by atoms with E-state index < -0.39 is 20.0 Å². The van der Waals surface area contributed by atoms with E-state index in [0.717, 1.165) is 64.2 Å². The first-order valence-electron chi connectivity index (χ1n) is 30.5. The molecule has 3 N–H and O–H groups in total. The summed E-state index contributed by atoms with van der Waals surface area (Å²) in [6, 6.07) is -0.758. The number of nitrogens with one attached hydrogen (secondary N) is 1. The Morgan fingerprint density at radius 1 is 0.493 bits per heavy atom. The fourth-order valence-electron chi connectivity index (χ4n) is 9.10. The summed E-state index contributed by atoms with van der Waals surface area (Å²) in [5, 5.41) is 14.1. The second kappa shape index (κ2) is 53.3. The molecular formula is C62H120N2O6P+. The van der Waals surface area contributed by atoms with Gasteiger partial charge in [0, 0.05) is 6.42 Å². The first-order chi connectivity index (χ1) is 34.5. The minimum atomic E-state index is -4.32. The lowest BCUT2D eigenvalue weighted by Gasteiger charge is -2.26. The first kappa shape index (κ1) is 69.5. The Kier molecular flexibility index (Phi) is 52.1. The van der Waals surface area contributed by atoms with Crippen molar-refractivity contribution in [2.24, 2.45) is 0 Å². The van der Waals surface area contributed by atoms with Crippen LogP contribution < -0.4 is 5.32 Å². The van der Waals surface area contributed by atoms with Crippen molar-refractivity contribution in [3.63, 3.8) is 0 Å². The zero-order valence-corrected chi connectivity index (χ0v) is 48.6. The monoisotopic (exact) mass is 1020 g/mol. The van der Waals surface area contributed by atoms with Gasteiger partial charge in [-0.2, -0.15) is 0 Å². The number of unbranched alkanes of at least 4 members (excludes halogenated alkanes) is 35. The Bertz CT molecular complexity index is 1290. The average Bonchev–Trinajstić information content (AvgIpc) is 3.33. The van der Waals surface area contributed by atoms with Crippen LogP contribution in [0.1, 0.15) is 290 Å². The molecule has 0 aromatic heterocycles. The standard InChI is InChI=1S/C62H119N2O6P/c1-6-8-10-12-14-16-18-20-22-23-24-25-26-27-28-29-30-31-32-33-34-35-36-37-38-39-40-41-42-44-46-48-50-52-54-56-62(66)63-60(59-70-71(67,68)69-58-57-64(3,4)5)61(65)55-53-51-49-47-45-43-21-19-17-15-13-11-9-7-2/h8,10,14,16,20,22,24-25,60-61,65H,6-7,9,11-13,15,17-19,21,23,26-59H2,1-5H3,(H-,63,66,67,68)/p+1/b10-8-,16-14-,22-20-,25-24-. The third kappa shape index (κ3) is 56.0. The van der Waals surface area contributed by atoms with E-state index in [0.29, 0.717) is 23.9 Å². The van der Waals surface area contributed by atoms with Crippen molar-refractivity contribution in [2.75, 3.05) is 40.9 Å². The molecule has 1 amide bonds. The third-order valence-corrected chi connectivity index (χ3v) is 14.8. The van der Waals surface area contributed by atoms with Crippen LogP contribution in [0, 0.1) is 0 Å². The van der Waals surface area contributed by atoms with Gasteiger partial charge in [0.1, 0.15) is 13.2 Å². The number of allylic oxidation sites excluding steroid dienone is 8. The Balaban J connectivity index is 3.94. The number of hydrogen-bond donors (Lipinski definition) is 3. The van der Waals surface area contributed by atoms with E-state index >= 15 is 0 Å². The minimum Gasteiger partial charge on any atom is -0.391 e. The van der Waals surface area contributed by atoms with Gasteiger partial charge in [-0.25, -0.2) is 4.57 Å². The molecule has 9 heteroatoms. The van der Waals surface area contributed by atoms with Crippen molar-refractivity contribution in [1.82, 2.24) is 5.32 Å². The van der Waals surface area contributed by atoms with Crippen LogP contribution in [0.2, 0.25) is 0 Å². The number of rotatable bonds is 56. The van der Waals surface area contributed by atoms with Gasteiger partial charge < -0.3 is 19.8 Å².